The van der Waals surface area contributed by atoms with Gasteiger partial charge in [-0.05, 0) is 30.4 Å². The first-order chi connectivity index (χ1) is 7.90. The average Bonchev–Trinajstić information content (AvgIpc) is 2.38. The largest absolute Gasteiger partial charge is 0.496 e. The highest BCUT2D eigenvalue weighted by Gasteiger charge is 2.13. The fourth-order valence-corrected chi connectivity index (χ4v) is 2.74. The second-order valence-corrected chi connectivity index (χ2v) is 4.85. The van der Waals surface area contributed by atoms with Crippen LogP contribution in [0.25, 0.3) is 0 Å². The van der Waals surface area contributed by atoms with Crippen molar-refractivity contribution in [3.8, 4) is 5.75 Å². The Morgan fingerprint density at radius 3 is 2.62 bits per heavy atom. The number of para-hydroxylation sites is 1. The molecular weight excluding hydrogens is 196 g/mol. The van der Waals surface area contributed by atoms with Crippen molar-refractivity contribution in [3.05, 3.63) is 29.8 Å². The Morgan fingerprint density at radius 2 is 1.88 bits per heavy atom. The molecule has 1 aromatic carbocycles. The molecule has 2 rings (SSSR count). The zero-order chi connectivity index (χ0) is 11.2. The van der Waals surface area contributed by atoms with Gasteiger partial charge in [-0.25, -0.2) is 0 Å². The van der Waals surface area contributed by atoms with Gasteiger partial charge in [-0.3, -0.25) is 0 Å². The van der Waals surface area contributed by atoms with Crippen LogP contribution < -0.4 is 4.74 Å². The first-order valence-corrected chi connectivity index (χ1v) is 6.52. The molecule has 0 N–H and O–H groups in total. The fourth-order valence-electron chi connectivity index (χ4n) is 2.74. The van der Waals surface area contributed by atoms with E-state index in [0.717, 1.165) is 11.7 Å². The van der Waals surface area contributed by atoms with Crippen molar-refractivity contribution in [3.63, 3.8) is 0 Å². The Balaban J connectivity index is 1.88. The highest BCUT2D eigenvalue weighted by Crippen LogP contribution is 2.29. The van der Waals surface area contributed by atoms with E-state index < -0.39 is 0 Å². The van der Waals surface area contributed by atoms with Crippen LogP contribution in [0, 0.1) is 5.92 Å². The van der Waals surface area contributed by atoms with Gasteiger partial charge in [0.25, 0.3) is 0 Å². The molecule has 88 valence electrons. The van der Waals surface area contributed by atoms with Gasteiger partial charge >= 0.3 is 0 Å². The molecule has 0 atom stereocenters. The Bertz CT molecular complexity index is 313. The second kappa shape index (κ2) is 5.93. The van der Waals surface area contributed by atoms with Crippen LogP contribution in [0.15, 0.2) is 24.3 Å². The molecule has 16 heavy (non-hydrogen) atoms. The summed E-state index contributed by atoms with van der Waals surface area (Å²) in [6, 6.07) is 8.42. The molecule has 0 unspecified atom stereocenters. The molecule has 1 saturated carbocycles. The predicted octanol–water partition coefficient (Wildman–Crippen LogP) is 4.21. The van der Waals surface area contributed by atoms with Crippen molar-refractivity contribution < 1.29 is 4.74 Å². The maximum atomic E-state index is 5.39. The minimum atomic E-state index is 0.957. The molecule has 1 aliphatic rings. The zero-order valence-corrected chi connectivity index (χ0v) is 10.2. The molecule has 1 fully saturated rings. The molecule has 0 heterocycles. The maximum Gasteiger partial charge on any atom is 0.122 e. The van der Waals surface area contributed by atoms with Gasteiger partial charge in [-0.1, -0.05) is 50.3 Å². The van der Waals surface area contributed by atoms with Crippen LogP contribution in [-0.2, 0) is 6.42 Å². The molecule has 0 amide bonds. The van der Waals surface area contributed by atoms with Crippen molar-refractivity contribution in [2.45, 2.75) is 44.9 Å². The number of aryl methyl sites for hydroxylation is 1. The smallest absolute Gasteiger partial charge is 0.122 e. The van der Waals surface area contributed by atoms with Crippen LogP contribution in [0.4, 0.5) is 0 Å². The monoisotopic (exact) mass is 218 g/mol. The lowest BCUT2D eigenvalue weighted by molar-refractivity contribution is 0.336. The number of benzene rings is 1. The quantitative estimate of drug-likeness (QED) is 0.735. The van der Waals surface area contributed by atoms with E-state index >= 15 is 0 Å². The van der Waals surface area contributed by atoms with Gasteiger partial charge in [-0.2, -0.15) is 0 Å². The van der Waals surface area contributed by atoms with Gasteiger partial charge in [0.15, 0.2) is 0 Å². The Hall–Kier alpha value is -0.980. The number of hydrogen-bond donors (Lipinski definition) is 0. The van der Waals surface area contributed by atoms with E-state index in [0.29, 0.717) is 0 Å². The van der Waals surface area contributed by atoms with Gasteiger partial charge in [0.1, 0.15) is 5.75 Å². The fraction of sp³-hybridized carbons (Fsp3) is 0.600. The lowest BCUT2D eigenvalue weighted by Gasteiger charge is -2.21. The summed E-state index contributed by atoms with van der Waals surface area (Å²) in [5.74, 6) is 2.01. The summed E-state index contributed by atoms with van der Waals surface area (Å²) in [5.41, 5.74) is 1.37. The third-order valence-corrected chi connectivity index (χ3v) is 3.74. The van der Waals surface area contributed by atoms with Gasteiger partial charge in [0.2, 0.25) is 0 Å². The highest BCUT2D eigenvalue weighted by molar-refractivity contribution is 5.33. The lowest BCUT2D eigenvalue weighted by Crippen LogP contribution is -2.07. The van der Waals surface area contributed by atoms with Gasteiger partial charge in [0.05, 0.1) is 7.11 Å². The topological polar surface area (TPSA) is 9.23 Å². The van der Waals surface area contributed by atoms with Crippen molar-refractivity contribution in [2.24, 2.45) is 5.92 Å². The van der Waals surface area contributed by atoms with E-state index in [9.17, 15) is 0 Å². The molecule has 1 nitrogen and oxygen atoms in total. The summed E-state index contributed by atoms with van der Waals surface area (Å²) < 4.78 is 5.39. The minimum Gasteiger partial charge on any atom is -0.496 e. The maximum absolute atomic E-state index is 5.39. The minimum absolute atomic E-state index is 0.957. The summed E-state index contributed by atoms with van der Waals surface area (Å²) in [6.45, 7) is 0. The normalized spacial score (nSPS) is 17.3. The van der Waals surface area contributed by atoms with E-state index in [1.165, 1.54) is 50.5 Å². The molecule has 0 aliphatic heterocycles. The zero-order valence-electron chi connectivity index (χ0n) is 10.2. The van der Waals surface area contributed by atoms with Gasteiger partial charge < -0.3 is 4.74 Å². The molecule has 0 radical (unpaired) electrons. The van der Waals surface area contributed by atoms with E-state index in [2.05, 4.69) is 18.2 Å². The van der Waals surface area contributed by atoms with E-state index in [4.69, 9.17) is 4.74 Å². The summed E-state index contributed by atoms with van der Waals surface area (Å²) in [6.07, 6.45) is 9.72. The lowest BCUT2D eigenvalue weighted by atomic mass is 9.85. The van der Waals surface area contributed by atoms with E-state index in [-0.39, 0.29) is 0 Å². The summed E-state index contributed by atoms with van der Waals surface area (Å²) in [7, 11) is 1.76. The summed E-state index contributed by atoms with van der Waals surface area (Å²) >= 11 is 0. The Morgan fingerprint density at radius 1 is 1.12 bits per heavy atom. The molecule has 1 aliphatic carbocycles. The molecular formula is C15H22O. The van der Waals surface area contributed by atoms with Crippen molar-refractivity contribution in [1.82, 2.24) is 0 Å². The molecule has 1 heteroatoms. The van der Waals surface area contributed by atoms with Gasteiger partial charge in [0, 0.05) is 0 Å². The highest BCUT2D eigenvalue weighted by atomic mass is 16.5. The molecule has 1 aromatic rings. The molecule has 0 saturated heterocycles. The van der Waals surface area contributed by atoms with Crippen LogP contribution in [-0.4, -0.2) is 7.11 Å². The molecule has 0 aromatic heterocycles. The number of hydrogen-bond acceptors (Lipinski definition) is 1. The summed E-state index contributed by atoms with van der Waals surface area (Å²) in [5, 5.41) is 0. The molecule has 0 bridgehead atoms. The van der Waals surface area contributed by atoms with Crippen molar-refractivity contribution >= 4 is 0 Å². The number of ether oxygens (including phenoxy) is 1. The second-order valence-electron chi connectivity index (χ2n) is 4.85. The third-order valence-electron chi connectivity index (χ3n) is 3.74. The first-order valence-electron chi connectivity index (χ1n) is 6.52. The standard InChI is InChI=1S/C15H22O/c1-16-15-10-6-5-9-14(15)12-11-13-7-3-2-4-8-13/h5-6,9-10,13H,2-4,7-8,11-12H2,1H3. The summed E-state index contributed by atoms with van der Waals surface area (Å²) in [4.78, 5) is 0. The molecule has 0 spiro atoms. The predicted molar refractivity (Wildman–Crippen MR) is 67.9 cm³/mol. The Labute approximate surface area is 98.8 Å². The Kier molecular flexibility index (Phi) is 4.26. The van der Waals surface area contributed by atoms with Crippen molar-refractivity contribution in [2.75, 3.05) is 7.11 Å². The van der Waals surface area contributed by atoms with Crippen LogP contribution in [0.5, 0.6) is 5.75 Å². The van der Waals surface area contributed by atoms with E-state index in [1.807, 2.05) is 6.07 Å². The number of rotatable bonds is 4. The van der Waals surface area contributed by atoms with E-state index in [1.54, 1.807) is 7.11 Å². The number of methoxy groups -OCH3 is 1. The van der Waals surface area contributed by atoms with Crippen LogP contribution in [0.3, 0.4) is 0 Å². The first kappa shape index (κ1) is 11.5. The van der Waals surface area contributed by atoms with Crippen molar-refractivity contribution in [1.29, 1.82) is 0 Å². The van der Waals surface area contributed by atoms with Crippen LogP contribution in [0.1, 0.15) is 44.1 Å². The van der Waals surface area contributed by atoms with Crippen LogP contribution in [0.2, 0.25) is 0 Å². The third kappa shape index (κ3) is 3.01. The SMILES string of the molecule is COc1ccccc1CCC1CCCCC1. The average molecular weight is 218 g/mol. The van der Waals surface area contributed by atoms with Crippen LogP contribution >= 0.6 is 0 Å². The van der Waals surface area contributed by atoms with Gasteiger partial charge in [-0.15, -0.1) is 0 Å².